The quantitative estimate of drug-likeness (QED) is 0.927. The molecule has 0 bridgehead atoms. The third-order valence-electron chi connectivity index (χ3n) is 3.60. The van der Waals surface area contributed by atoms with Crippen LogP contribution < -0.4 is 5.73 Å². The summed E-state index contributed by atoms with van der Waals surface area (Å²) in [6.07, 6.45) is 1.33. The van der Waals surface area contributed by atoms with Crippen molar-refractivity contribution in [3.8, 4) is 0 Å². The Morgan fingerprint density at radius 3 is 2.95 bits per heavy atom. The molecule has 118 valence electrons. The van der Waals surface area contributed by atoms with E-state index in [1.54, 1.807) is 37.1 Å². The van der Waals surface area contributed by atoms with Crippen molar-refractivity contribution in [2.45, 2.75) is 25.5 Å². The van der Waals surface area contributed by atoms with Gasteiger partial charge in [0.1, 0.15) is 17.6 Å². The van der Waals surface area contributed by atoms with E-state index in [-0.39, 0.29) is 17.8 Å². The number of hydrogen-bond donors (Lipinski definition) is 1. The molecule has 3 rings (SSSR count). The normalized spacial score (nSPS) is 19.4. The third-order valence-corrected chi connectivity index (χ3v) is 3.60. The topological polar surface area (TPSA) is 94.7 Å². The number of carbonyl (C=O) groups excluding carboxylic acids is 1. The van der Waals surface area contributed by atoms with Crippen LogP contribution in [0.15, 0.2) is 33.4 Å². The number of rotatable bonds is 3. The molecule has 0 saturated carbocycles. The highest BCUT2D eigenvalue weighted by Crippen LogP contribution is 2.24. The largest absolute Gasteiger partial charge is 0.467 e. The predicted octanol–water partition coefficient (Wildman–Crippen LogP) is 1.68. The highest BCUT2D eigenvalue weighted by molar-refractivity contribution is 5.91. The monoisotopic (exact) mass is 305 g/mol. The van der Waals surface area contributed by atoms with Crippen molar-refractivity contribution in [2.24, 2.45) is 5.73 Å². The van der Waals surface area contributed by atoms with Gasteiger partial charge in [-0.15, -0.1) is 0 Å². The van der Waals surface area contributed by atoms with Crippen LogP contribution in [0.3, 0.4) is 0 Å². The summed E-state index contributed by atoms with van der Waals surface area (Å²) in [5.41, 5.74) is 5.85. The van der Waals surface area contributed by atoms with Gasteiger partial charge in [-0.3, -0.25) is 4.79 Å². The molecule has 2 N–H and O–H groups in total. The molecule has 2 aromatic rings. The lowest BCUT2D eigenvalue weighted by molar-refractivity contribution is -0.0331. The van der Waals surface area contributed by atoms with E-state index in [1.807, 2.05) is 6.07 Å². The molecule has 7 heteroatoms. The first-order valence-corrected chi connectivity index (χ1v) is 7.15. The molecule has 1 aliphatic heterocycles. The van der Waals surface area contributed by atoms with E-state index in [1.165, 1.54) is 0 Å². The van der Waals surface area contributed by atoms with Crippen LogP contribution in [0.25, 0.3) is 0 Å². The number of ether oxygens (including phenoxy) is 1. The molecule has 0 radical (unpaired) electrons. The van der Waals surface area contributed by atoms with Crippen molar-refractivity contribution >= 4 is 5.91 Å². The number of aromatic nitrogens is 1. The van der Waals surface area contributed by atoms with Crippen LogP contribution in [0.5, 0.6) is 0 Å². The number of amides is 1. The molecule has 1 aliphatic rings. The predicted molar refractivity (Wildman–Crippen MR) is 77.0 cm³/mol. The second kappa shape index (κ2) is 5.58. The van der Waals surface area contributed by atoms with Crippen molar-refractivity contribution in [1.29, 1.82) is 0 Å². The molecule has 1 unspecified atom stereocenters. The van der Waals surface area contributed by atoms with E-state index >= 15 is 0 Å². The number of nitrogens with zero attached hydrogens (tertiary/aromatic N) is 2. The zero-order chi connectivity index (χ0) is 15.7. The zero-order valence-corrected chi connectivity index (χ0v) is 12.6. The summed E-state index contributed by atoms with van der Waals surface area (Å²) >= 11 is 0. The van der Waals surface area contributed by atoms with Crippen molar-refractivity contribution in [3.05, 3.63) is 41.7 Å². The highest BCUT2D eigenvalue weighted by atomic mass is 16.5. The summed E-state index contributed by atoms with van der Waals surface area (Å²) < 4.78 is 16.1. The summed E-state index contributed by atoms with van der Waals surface area (Å²) in [4.78, 5) is 14.2. The maximum atomic E-state index is 12.5. The number of morpholine rings is 1. The van der Waals surface area contributed by atoms with Gasteiger partial charge in [0.05, 0.1) is 25.0 Å². The van der Waals surface area contributed by atoms with Crippen LogP contribution in [0.2, 0.25) is 0 Å². The molecular formula is C15H19N3O4. The van der Waals surface area contributed by atoms with Gasteiger partial charge in [0, 0.05) is 12.6 Å². The molecule has 0 spiro atoms. The Bertz CT molecular complexity index is 642. The van der Waals surface area contributed by atoms with E-state index < -0.39 is 5.54 Å². The van der Waals surface area contributed by atoms with Gasteiger partial charge in [0.15, 0.2) is 0 Å². The molecular weight excluding hydrogens is 286 g/mol. The molecule has 0 aromatic carbocycles. The van der Waals surface area contributed by atoms with Crippen LogP contribution in [0.4, 0.5) is 0 Å². The summed E-state index contributed by atoms with van der Waals surface area (Å²) in [7, 11) is 0. The molecule has 22 heavy (non-hydrogen) atoms. The van der Waals surface area contributed by atoms with Crippen molar-refractivity contribution < 1.29 is 18.5 Å². The average Bonchev–Trinajstić information content (AvgIpc) is 3.17. The fourth-order valence-electron chi connectivity index (χ4n) is 2.32. The van der Waals surface area contributed by atoms with Crippen LogP contribution in [0, 0.1) is 0 Å². The molecule has 0 aliphatic carbocycles. The fraction of sp³-hybridized carbons (Fsp3) is 0.467. The van der Waals surface area contributed by atoms with Crippen LogP contribution in [-0.2, 0) is 10.3 Å². The first-order chi connectivity index (χ1) is 10.4. The molecule has 1 saturated heterocycles. The Hall–Kier alpha value is -2.12. The molecule has 1 fully saturated rings. The Balaban J connectivity index is 1.73. The average molecular weight is 305 g/mol. The smallest absolute Gasteiger partial charge is 0.292 e. The minimum atomic E-state index is -0.649. The maximum absolute atomic E-state index is 12.5. The second-order valence-corrected chi connectivity index (χ2v) is 5.92. The lowest BCUT2D eigenvalue weighted by Crippen LogP contribution is -2.42. The summed E-state index contributed by atoms with van der Waals surface area (Å²) in [5.74, 6) is 0.676. The van der Waals surface area contributed by atoms with E-state index in [9.17, 15) is 4.79 Å². The Morgan fingerprint density at radius 1 is 1.50 bits per heavy atom. The minimum absolute atomic E-state index is 0.189. The van der Waals surface area contributed by atoms with Crippen molar-refractivity contribution in [3.63, 3.8) is 0 Å². The van der Waals surface area contributed by atoms with E-state index in [0.717, 1.165) is 0 Å². The van der Waals surface area contributed by atoms with Crippen molar-refractivity contribution in [1.82, 2.24) is 10.1 Å². The minimum Gasteiger partial charge on any atom is -0.467 e. The number of carbonyl (C=O) groups is 1. The summed E-state index contributed by atoms with van der Waals surface area (Å²) in [6.45, 7) is 4.97. The molecule has 7 nitrogen and oxygen atoms in total. The lowest BCUT2D eigenvalue weighted by Gasteiger charge is -2.31. The van der Waals surface area contributed by atoms with Crippen LogP contribution in [-0.4, -0.2) is 35.7 Å². The van der Waals surface area contributed by atoms with E-state index in [0.29, 0.717) is 31.2 Å². The third kappa shape index (κ3) is 2.90. The number of nitrogens with two attached hydrogens (primary N) is 1. The maximum Gasteiger partial charge on any atom is 0.292 e. The Labute approximate surface area is 128 Å². The zero-order valence-electron chi connectivity index (χ0n) is 12.6. The molecule has 1 amide bonds. The number of hydrogen-bond acceptors (Lipinski definition) is 6. The summed E-state index contributed by atoms with van der Waals surface area (Å²) in [6, 6.07) is 5.23. The first-order valence-electron chi connectivity index (χ1n) is 7.15. The fourth-order valence-corrected chi connectivity index (χ4v) is 2.32. The Kier molecular flexibility index (Phi) is 3.76. The van der Waals surface area contributed by atoms with Crippen LogP contribution >= 0.6 is 0 Å². The van der Waals surface area contributed by atoms with Gasteiger partial charge in [0.25, 0.3) is 5.91 Å². The van der Waals surface area contributed by atoms with Crippen LogP contribution in [0.1, 0.15) is 42.0 Å². The standard InChI is InChI=1S/C15H19N3O4/c1-15(2,16)13-8-11(22-17-13)14(19)18-5-7-21-12(9-18)10-4-3-6-20-10/h3-4,6,8,12H,5,7,9,16H2,1-2H3. The SMILES string of the molecule is CC(C)(N)c1cc(C(=O)N2CCOC(c3ccco3)C2)on1. The molecule has 3 heterocycles. The lowest BCUT2D eigenvalue weighted by atomic mass is 10.0. The van der Waals surface area contributed by atoms with Gasteiger partial charge in [-0.1, -0.05) is 5.16 Å². The van der Waals surface area contributed by atoms with Crippen molar-refractivity contribution in [2.75, 3.05) is 19.7 Å². The Morgan fingerprint density at radius 2 is 2.32 bits per heavy atom. The van der Waals surface area contributed by atoms with Gasteiger partial charge in [0.2, 0.25) is 5.76 Å². The van der Waals surface area contributed by atoms with Gasteiger partial charge < -0.3 is 24.3 Å². The van der Waals surface area contributed by atoms with Gasteiger partial charge in [-0.25, -0.2) is 0 Å². The van der Waals surface area contributed by atoms with E-state index in [4.69, 9.17) is 19.4 Å². The van der Waals surface area contributed by atoms with Gasteiger partial charge >= 0.3 is 0 Å². The van der Waals surface area contributed by atoms with Gasteiger partial charge in [-0.2, -0.15) is 0 Å². The van der Waals surface area contributed by atoms with E-state index in [2.05, 4.69) is 5.16 Å². The molecule has 2 aromatic heterocycles. The summed E-state index contributed by atoms with van der Waals surface area (Å²) in [5, 5.41) is 3.88. The van der Waals surface area contributed by atoms with Gasteiger partial charge in [-0.05, 0) is 26.0 Å². The number of furan rings is 1. The molecule has 1 atom stereocenters. The highest BCUT2D eigenvalue weighted by Gasteiger charge is 2.30. The second-order valence-electron chi connectivity index (χ2n) is 5.92. The first kappa shape index (κ1) is 14.8.